The molecule has 0 saturated carbocycles. The molecule has 2 rings (SSSR count). The van der Waals surface area contributed by atoms with Gasteiger partial charge in [-0.15, -0.1) is 0 Å². The molecule has 39 heteroatoms. The number of hydrogen-bond donors (Lipinski definition) is 2. The summed E-state index contributed by atoms with van der Waals surface area (Å²) < 4.78 is 280. The minimum Gasteiger partial charge on any atom is -0.475 e. The summed E-state index contributed by atoms with van der Waals surface area (Å²) in [7, 11) is -33.5. The zero-order chi connectivity index (χ0) is 46.0. The summed E-state index contributed by atoms with van der Waals surface area (Å²) in [5.74, 6) is 0.830. The van der Waals surface area contributed by atoms with E-state index in [-0.39, 0.29) is 54.4 Å². The fourth-order valence-corrected chi connectivity index (χ4v) is 7.48. The third-order valence-electron chi connectivity index (χ3n) is 5.99. The van der Waals surface area contributed by atoms with Crippen molar-refractivity contribution in [3.05, 3.63) is 8.25 Å². The summed E-state index contributed by atoms with van der Waals surface area (Å²) in [6.07, 6.45) is 1.59. The Balaban J connectivity index is 0. The molecule has 0 aromatic rings. The Bertz CT molecular complexity index is 1960. The first-order valence-corrected chi connectivity index (χ1v) is 23.3. The molecule has 2 N–H and O–H groups in total. The van der Waals surface area contributed by atoms with Crippen LogP contribution in [-0.2, 0) is 86.7 Å². The van der Waals surface area contributed by atoms with Gasteiger partial charge in [0.2, 0.25) is 20.0 Å². The molecule has 20 nitrogen and oxygen atoms in total. The van der Waals surface area contributed by atoms with Crippen molar-refractivity contribution in [2.75, 3.05) is 25.6 Å². The van der Waals surface area contributed by atoms with E-state index in [0.717, 1.165) is 20.8 Å². The molecule has 4 atom stereocenters. The SMILES string of the molecule is C[C@H]1OC(C(C)(C)C2=N[C@H](CNS(C)(=O)=O)[C@@H](C)O2)=N[C@@H]1CNS(C)(=O)=O.O=S(=O)([N-]S(=O)(=O)C(F)(F)F)C(F)(F)F.O=S(=O)([N-]S(=O)(=O)C(F)(F)F)C(F)(F)F.[Cu+2]. The van der Waals surface area contributed by atoms with E-state index in [4.69, 9.17) is 9.47 Å². The molecule has 0 aromatic heterocycles. The normalized spacial score (nSPS) is 21.5. The Morgan fingerprint density at radius 3 is 0.897 bits per heavy atom. The van der Waals surface area contributed by atoms with E-state index in [1.807, 2.05) is 27.7 Å². The first-order valence-electron chi connectivity index (χ1n) is 13.7. The molecule has 2 aliphatic rings. The second-order valence-electron chi connectivity index (χ2n) is 11.3. The maximum atomic E-state index is 11.4. The van der Waals surface area contributed by atoms with Gasteiger partial charge in [0.05, 0.1) is 12.5 Å². The number of hydrogen-bond acceptors (Lipinski definition) is 16. The van der Waals surface area contributed by atoms with Crippen LogP contribution in [0.2, 0.25) is 0 Å². The van der Waals surface area contributed by atoms with E-state index >= 15 is 0 Å². The van der Waals surface area contributed by atoms with E-state index in [9.17, 15) is 103 Å². The van der Waals surface area contributed by atoms with Gasteiger partial charge in [-0.1, -0.05) is 0 Å². The molecule has 0 amide bonds. The summed E-state index contributed by atoms with van der Waals surface area (Å²) in [6, 6.07) is -0.702. The quantitative estimate of drug-likeness (QED) is 0.207. The minimum absolute atomic E-state index is 0. The maximum Gasteiger partial charge on any atom is 2.00 e. The van der Waals surface area contributed by atoms with E-state index in [1.54, 1.807) is 0 Å². The molecule has 0 fully saturated rings. The van der Waals surface area contributed by atoms with E-state index in [0.29, 0.717) is 11.8 Å². The Labute approximate surface area is 333 Å². The molecule has 2 aliphatic heterocycles. The molecule has 0 aromatic carbocycles. The predicted molar refractivity (Wildman–Crippen MR) is 170 cm³/mol. The van der Waals surface area contributed by atoms with Gasteiger partial charge in [-0.05, 0) is 27.7 Å². The predicted octanol–water partition coefficient (Wildman–Crippen LogP) is 1.60. The van der Waals surface area contributed by atoms with Crippen LogP contribution in [0.25, 0.3) is 8.25 Å². The van der Waals surface area contributed by atoms with Crippen molar-refractivity contribution in [1.82, 2.24) is 9.44 Å². The molecule has 0 unspecified atom stereocenters. The van der Waals surface area contributed by atoms with Gasteiger partial charge in [-0.3, -0.25) is 0 Å². The van der Waals surface area contributed by atoms with Crippen molar-refractivity contribution < 1.29 is 130 Å². The molecule has 58 heavy (non-hydrogen) atoms. The summed E-state index contributed by atoms with van der Waals surface area (Å²) in [5.41, 5.74) is -25.6. The van der Waals surface area contributed by atoms with Gasteiger partial charge in [0.25, 0.3) is 0 Å². The van der Waals surface area contributed by atoms with Crippen molar-refractivity contribution in [1.29, 1.82) is 0 Å². The van der Waals surface area contributed by atoms with Crippen LogP contribution in [0.5, 0.6) is 0 Å². The van der Waals surface area contributed by atoms with Crippen molar-refractivity contribution in [3.63, 3.8) is 0 Å². The van der Waals surface area contributed by atoms with Crippen molar-refractivity contribution in [2.45, 2.75) is 74.0 Å². The summed E-state index contributed by atoms with van der Waals surface area (Å²) in [6.45, 7) is 7.63. The van der Waals surface area contributed by atoms with Gasteiger partial charge in [0.15, 0.2) is 51.9 Å². The summed E-state index contributed by atoms with van der Waals surface area (Å²) in [4.78, 5) is 9.04. The Morgan fingerprint density at radius 1 is 0.517 bits per heavy atom. The zero-order valence-electron chi connectivity index (χ0n) is 29.0. The second-order valence-corrected chi connectivity index (χ2v) is 21.9. The number of aliphatic imine (C=N–C) groups is 2. The first-order chi connectivity index (χ1) is 24.6. The average Bonchev–Trinajstić information content (AvgIpc) is 3.49. The number of alkyl halides is 12. The smallest absolute Gasteiger partial charge is 0.475 e. The molecular formula is C19H28CuF12N6O14S6. The third-order valence-corrected chi connectivity index (χ3v) is 12.8. The molecule has 0 spiro atoms. The van der Waals surface area contributed by atoms with Crippen LogP contribution in [0, 0.1) is 5.41 Å². The summed E-state index contributed by atoms with van der Waals surface area (Å²) in [5, 5.41) is 0. The molecule has 2 heterocycles. The average molecular weight is 1050 g/mol. The monoisotopic (exact) mass is 1050 g/mol. The number of nitrogens with one attached hydrogen (secondary N) is 2. The van der Waals surface area contributed by atoms with Gasteiger partial charge < -0.3 is 17.7 Å². The number of sulfonamides is 6. The van der Waals surface area contributed by atoms with Gasteiger partial charge in [0.1, 0.15) is 29.7 Å². The largest absolute Gasteiger partial charge is 2.00 e. The molecule has 349 valence electrons. The van der Waals surface area contributed by atoms with Crippen LogP contribution in [0.3, 0.4) is 0 Å². The molecule has 0 saturated heterocycles. The first kappa shape index (κ1) is 58.3. The van der Waals surface area contributed by atoms with Crippen LogP contribution in [0.4, 0.5) is 52.7 Å². The maximum absolute atomic E-state index is 11.4. The van der Waals surface area contributed by atoms with Crippen molar-refractivity contribution in [3.8, 4) is 0 Å². The zero-order valence-corrected chi connectivity index (χ0v) is 34.9. The van der Waals surface area contributed by atoms with Crippen LogP contribution in [-0.4, -0.2) is 134 Å². The Morgan fingerprint density at radius 2 is 0.724 bits per heavy atom. The van der Waals surface area contributed by atoms with E-state index < -0.39 is 87.6 Å². The Kier molecular flexibility index (Phi) is 19.1. The number of nitrogens with zero attached hydrogens (tertiary/aromatic N) is 4. The van der Waals surface area contributed by atoms with Crippen molar-refractivity contribution >= 4 is 71.9 Å². The minimum atomic E-state index is -6.72. The van der Waals surface area contributed by atoms with Gasteiger partial charge in [0, 0.05) is 13.1 Å². The summed E-state index contributed by atoms with van der Waals surface area (Å²) >= 11 is 0. The fraction of sp³-hybridized carbons (Fsp3) is 0.895. The van der Waals surface area contributed by atoms with E-state index in [2.05, 4.69) is 19.4 Å². The van der Waals surface area contributed by atoms with E-state index in [1.165, 1.54) is 0 Å². The third kappa shape index (κ3) is 17.3. The number of rotatable bonds is 12. The van der Waals surface area contributed by atoms with Crippen molar-refractivity contribution in [2.24, 2.45) is 15.4 Å². The van der Waals surface area contributed by atoms with Gasteiger partial charge >= 0.3 is 39.1 Å². The topological polar surface area (TPSA) is 300 Å². The number of halogens is 12. The fourth-order valence-electron chi connectivity index (χ4n) is 3.11. The van der Waals surface area contributed by atoms with Crippen LogP contribution in [0.15, 0.2) is 9.98 Å². The molecular weight excluding hydrogens is 1020 g/mol. The molecule has 1 radical (unpaired) electrons. The standard InChI is InChI=1S/C15H28N4O6S2.2C2F6NO4S2.Cu/c1-9-11(7-16-26(5,20)21)18-13(24-9)15(3,4)14-19-12(10(2)25-14)8-17-27(6,22)23;2*3-1(4,5)14(10,11)9-15(12,13)2(6,7)8;/h9-12,16-17H,7-8H2,1-6H3;;;/q;2*-1;+2/t9-,10-,11-,12-;;;/m1.../s1. The van der Waals surface area contributed by atoms with Crippen LogP contribution in [0.1, 0.15) is 27.7 Å². The van der Waals surface area contributed by atoms with Crippen LogP contribution >= 0.6 is 0 Å². The van der Waals surface area contributed by atoms with Crippen LogP contribution < -0.4 is 9.44 Å². The van der Waals surface area contributed by atoms with Gasteiger partial charge in [-0.25, -0.2) is 69.9 Å². The molecule has 0 bridgehead atoms. The second kappa shape index (κ2) is 19.0. The Hall–Kier alpha value is -1.84. The van der Waals surface area contributed by atoms with Gasteiger partial charge in [-0.2, -0.15) is 52.7 Å². The molecule has 0 aliphatic carbocycles. The number of ether oxygens (including phenoxy) is 2.